The highest BCUT2D eigenvalue weighted by molar-refractivity contribution is 7.89. The molecule has 1 aromatic rings. The number of aryl methyl sites for hydroxylation is 2. The molecule has 1 aliphatic rings. The lowest BCUT2D eigenvalue weighted by atomic mass is 9.81. The van der Waals surface area contributed by atoms with Gasteiger partial charge in [0.05, 0.1) is 16.1 Å². The minimum Gasteiger partial charge on any atom is -0.478 e. The number of aliphatic hydroxyl groups is 1. The number of carbonyl (C=O) groups is 1. The number of sulfonamides is 1. The first-order valence-corrected chi connectivity index (χ1v) is 8.19. The Morgan fingerprint density at radius 2 is 1.90 bits per heavy atom. The molecule has 2 rings (SSSR count). The maximum Gasteiger partial charge on any atom is 0.335 e. The van der Waals surface area contributed by atoms with Crippen molar-refractivity contribution in [3.05, 3.63) is 28.8 Å². The van der Waals surface area contributed by atoms with Crippen LogP contribution in [0.1, 0.15) is 40.7 Å². The number of benzene rings is 1. The Labute approximate surface area is 123 Å². The Kier molecular flexibility index (Phi) is 4.10. The number of hydrogen-bond donors (Lipinski definition) is 3. The lowest BCUT2D eigenvalue weighted by Gasteiger charge is -2.36. The lowest BCUT2D eigenvalue weighted by molar-refractivity contribution is -0.0271. The molecule has 0 aromatic heterocycles. The molecule has 1 fully saturated rings. The molecule has 116 valence electrons. The fraction of sp³-hybridized carbons (Fsp3) is 0.500. The average molecular weight is 313 g/mol. The van der Waals surface area contributed by atoms with E-state index in [9.17, 15) is 18.3 Å². The van der Waals surface area contributed by atoms with Crippen molar-refractivity contribution in [3.8, 4) is 0 Å². The molecule has 21 heavy (non-hydrogen) atoms. The van der Waals surface area contributed by atoms with Crippen molar-refractivity contribution in [1.29, 1.82) is 0 Å². The largest absolute Gasteiger partial charge is 0.478 e. The Hall–Kier alpha value is -1.44. The zero-order chi connectivity index (χ0) is 15.8. The number of hydrogen-bond acceptors (Lipinski definition) is 4. The van der Waals surface area contributed by atoms with Gasteiger partial charge >= 0.3 is 5.97 Å². The van der Waals surface area contributed by atoms with Gasteiger partial charge in [-0.25, -0.2) is 17.9 Å². The summed E-state index contributed by atoms with van der Waals surface area (Å²) in [6.45, 7) is 3.19. The first-order chi connectivity index (χ1) is 9.65. The summed E-state index contributed by atoms with van der Waals surface area (Å²) < 4.78 is 27.0. The van der Waals surface area contributed by atoms with Gasteiger partial charge in [-0.15, -0.1) is 0 Å². The van der Waals surface area contributed by atoms with E-state index in [1.165, 1.54) is 12.1 Å². The molecule has 0 heterocycles. The second kappa shape index (κ2) is 5.40. The normalized spacial score (nSPS) is 17.3. The van der Waals surface area contributed by atoms with Gasteiger partial charge in [0.1, 0.15) is 0 Å². The van der Waals surface area contributed by atoms with E-state index < -0.39 is 21.6 Å². The molecule has 0 unspecified atom stereocenters. The van der Waals surface area contributed by atoms with Crippen molar-refractivity contribution in [2.75, 3.05) is 6.54 Å². The maximum absolute atomic E-state index is 12.3. The highest BCUT2D eigenvalue weighted by atomic mass is 32.2. The first-order valence-electron chi connectivity index (χ1n) is 6.71. The van der Waals surface area contributed by atoms with Crippen LogP contribution in [0.3, 0.4) is 0 Å². The van der Waals surface area contributed by atoms with Gasteiger partial charge in [0.2, 0.25) is 10.0 Å². The quantitative estimate of drug-likeness (QED) is 0.757. The summed E-state index contributed by atoms with van der Waals surface area (Å²) in [6.07, 6.45) is 2.02. The van der Waals surface area contributed by atoms with Gasteiger partial charge in [-0.1, -0.05) is 6.07 Å². The van der Waals surface area contributed by atoms with Crippen molar-refractivity contribution in [2.24, 2.45) is 0 Å². The zero-order valence-corrected chi connectivity index (χ0v) is 12.8. The van der Waals surface area contributed by atoms with Crippen molar-refractivity contribution in [1.82, 2.24) is 4.72 Å². The number of carboxylic acid groups (broad SMARTS) is 1. The third-order valence-corrected chi connectivity index (χ3v) is 5.46. The molecule has 0 radical (unpaired) electrons. The van der Waals surface area contributed by atoms with Crippen molar-refractivity contribution in [2.45, 2.75) is 43.6 Å². The van der Waals surface area contributed by atoms with Crippen LogP contribution in [-0.2, 0) is 10.0 Å². The Bertz CT molecular complexity index is 677. The highest BCUT2D eigenvalue weighted by Crippen LogP contribution is 2.31. The summed E-state index contributed by atoms with van der Waals surface area (Å²) in [5, 5.41) is 19.1. The number of rotatable bonds is 5. The second-order valence-corrected chi connectivity index (χ2v) is 7.38. The smallest absolute Gasteiger partial charge is 0.335 e. The summed E-state index contributed by atoms with van der Waals surface area (Å²) in [4.78, 5) is 11.1. The summed E-state index contributed by atoms with van der Waals surface area (Å²) in [7, 11) is -3.85. The van der Waals surface area contributed by atoms with Crippen LogP contribution >= 0.6 is 0 Å². The van der Waals surface area contributed by atoms with E-state index in [4.69, 9.17) is 5.11 Å². The maximum atomic E-state index is 12.3. The monoisotopic (exact) mass is 313 g/mol. The third kappa shape index (κ3) is 3.25. The molecule has 0 saturated heterocycles. The number of carboxylic acids is 1. The summed E-state index contributed by atoms with van der Waals surface area (Å²) in [6, 6.07) is 2.70. The topological polar surface area (TPSA) is 104 Å². The van der Waals surface area contributed by atoms with Crippen LogP contribution in [0, 0.1) is 13.8 Å². The van der Waals surface area contributed by atoms with E-state index in [1.807, 2.05) is 0 Å². The van der Waals surface area contributed by atoms with Gasteiger partial charge in [-0.3, -0.25) is 0 Å². The fourth-order valence-corrected chi connectivity index (χ4v) is 3.79. The van der Waals surface area contributed by atoms with Crippen LogP contribution in [0.5, 0.6) is 0 Å². The molecule has 0 bridgehead atoms. The van der Waals surface area contributed by atoms with Crippen LogP contribution < -0.4 is 4.72 Å². The number of aromatic carboxylic acids is 1. The van der Waals surface area contributed by atoms with Gasteiger partial charge in [0.15, 0.2) is 0 Å². The van der Waals surface area contributed by atoms with Crippen molar-refractivity contribution < 1.29 is 23.4 Å². The molecule has 1 aromatic carbocycles. The Balaban J connectivity index is 2.30. The SMILES string of the molecule is Cc1cc(C)c(S(=O)(=O)NCC2(O)CCC2)cc1C(=O)O. The Morgan fingerprint density at radius 1 is 1.29 bits per heavy atom. The predicted octanol–water partition coefficient (Wildman–Crippen LogP) is 1.19. The molecule has 0 amide bonds. The van der Waals surface area contributed by atoms with Gasteiger partial charge in [-0.05, 0) is 50.3 Å². The van der Waals surface area contributed by atoms with Gasteiger partial charge in [-0.2, -0.15) is 0 Å². The summed E-state index contributed by atoms with van der Waals surface area (Å²) in [5.41, 5.74) is -0.0214. The molecule has 1 saturated carbocycles. The van der Waals surface area contributed by atoms with Gasteiger partial charge in [0, 0.05) is 6.54 Å². The molecule has 0 spiro atoms. The van der Waals surface area contributed by atoms with Crippen LogP contribution in [-0.4, -0.2) is 36.7 Å². The summed E-state index contributed by atoms with van der Waals surface area (Å²) >= 11 is 0. The molecule has 7 heteroatoms. The molecule has 1 aliphatic carbocycles. The van der Waals surface area contributed by atoms with Crippen LogP contribution in [0.15, 0.2) is 17.0 Å². The molecule has 0 atom stereocenters. The minimum atomic E-state index is -3.85. The highest BCUT2D eigenvalue weighted by Gasteiger charge is 2.35. The third-order valence-electron chi connectivity index (χ3n) is 3.92. The van der Waals surface area contributed by atoms with E-state index in [0.29, 0.717) is 24.0 Å². The molecule has 3 N–H and O–H groups in total. The first kappa shape index (κ1) is 15.9. The summed E-state index contributed by atoms with van der Waals surface area (Å²) in [5.74, 6) is -1.17. The van der Waals surface area contributed by atoms with Gasteiger partial charge < -0.3 is 10.2 Å². The predicted molar refractivity (Wildman–Crippen MR) is 76.9 cm³/mol. The van der Waals surface area contributed by atoms with Crippen LogP contribution in [0.2, 0.25) is 0 Å². The van der Waals surface area contributed by atoms with Crippen LogP contribution in [0.25, 0.3) is 0 Å². The number of nitrogens with one attached hydrogen (secondary N) is 1. The van der Waals surface area contributed by atoms with E-state index in [-0.39, 0.29) is 17.0 Å². The second-order valence-electron chi connectivity index (χ2n) is 5.64. The lowest BCUT2D eigenvalue weighted by Crippen LogP contribution is -2.47. The minimum absolute atomic E-state index is 0.0386. The van der Waals surface area contributed by atoms with Gasteiger partial charge in [0.25, 0.3) is 0 Å². The molecule has 0 aliphatic heterocycles. The zero-order valence-electron chi connectivity index (χ0n) is 12.0. The van der Waals surface area contributed by atoms with E-state index in [1.54, 1.807) is 13.8 Å². The Morgan fingerprint density at radius 3 is 2.38 bits per heavy atom. The standard InChI is InChI=1S/C14H19NO5S/c1-9-6-10(2)12(7-11(9)13(16)17)21(19,20)15-8-14(18)4-3-5-14/h6-7,15,18H,3-5,8H2,1-2H3,(H,16,17). The van der Waals surface area contributed by atoms with Crippen LogP contribution in [0.4, 0.5) is 0 Å². The van der Waals surface area contributed by atoms with E-state index >= 15 is 0 Å². The average Bonchev–Trinajstić information content (AvgIpc) is 2.33. The van der Waals surface area contributed by atoms with E-state index in [2.05, 4.69) is 4.72 Å². The molecular weight excluding hydrogens is 294 g/mol. The fourth-order valence-electron chi connectivity index (χ4n) is 2.42. The van der Waals surface area contributed by atoms with Crippen molar-refractivity contribution >= 4 is 16.0 Å². The molecular formula is C14H19NO5S. The molecule has 6 nitrogen and oxygen atoms in total. The van der Waals surface area contributed by atoms with Crippen molar-refractivity contribution in [3.63, 3.8) is 0 Å². The van der Waals surface area contributed by atoms with E-state index in [0.717, 1.165) is 6.42 Å².